The molecule has 0 saturated carbocycles. The van der Waals surface area contributed by atoms with Gasteiger partial charge < -0.3 is 14.6 Å². The molecule has 0 aliphatic carbocycles. The van der Waals surface area contributed by atoms with Crippen LogP contribution in [0.15, 0.2) is 58.9 Å². The molecule has 33 heavy (non-hydrogen) atoms. The monoisotopic (exact) mass is 508 g/mol. The number of hydrogen-bond donors (Lipinski definition) is 1. The number of carboxylic acids is 1. The van der Waals surface area contributed by atoms with Crippen LogP contribution in [0.1, 0.15) is 6.92 Å². The molecule has 2 aliphatic heterocycles. The first-order valence-corrected chi connectivity index (χ1v) is 12.4. The summed E-state index contributed by atoms with van der Waals surface area (Å²) >= 11 is 6.03. The Hall–Kier alpha value is -3.16. The van der Waals surface area contributed by atoms with Crippen molar-refractivity contribution in [3.05, 3.63) is 58.9 Å². The third-order valence-corrected chi connectivity index (χ3v) is 6.22. The summed E-state index contributed by atoms with van der Waals surface area (Å²) < 4.78 is 30.6. The fourth-order valence-electron chi connectivity index (χ4n) is 2.95. The van der Waals surface area contributed by atoms with E-state index >= 15 is 0 Å². The zero-order valence-electron chi connectivity index (χ0n) is 17.4. The molecule has 13 heteroatoms. The number of sulfonamides is 1. The average Bonchev–Trinajstić information content (AvgIpc) is 3.17. The zero-order valence-corrected chi connectivity index (χ0v) is 19.9. The van der Waals surface area contributed by atoms with Gasteiger partial charge in [0.2, 0.25) is 15.9 Å². The van der Waals surface area contributed by atoms with Crippen LogP contribution >= 0.6 is 24.0 Å². The molecule has 0 spiro atoms. The van der Waals surface area contributed by atoms with Crippen LogP contribution in [0.3, 0.4) is 0 Å². The number of fused-ring (bicyclic) bond motifs is 1. The number of benzene rings is 1. The molecule has 2 heterocycles. The number of nitrogens with one attached hydrogen (secondary N) is 1. The first-order valence-electron chi connectivity index (χ1n) is 9.33. The van der Waals surface area contributed by atoms with Crippen LogP contribution in [0.5, 0.6) is 5.75 Å². The number of carbonyl (C=O) groups excluding carboxylic acids is 3. The Labute approximate surface area is 199 Å². The van der Waals surface area contributed by atoms with Crippen molar-refractivity contribution in [1.82, 2.24) is 9.62 Å². The van der Waals surface area contributed by atoms with Gasteiger partial charge in [-0.25, -0.2) is 8.42 Å². The Bertz CT molecular complexity index is 1240. The van der Waals surface area contributed by atoms with E-state index in [4.69, 9.17) is 17.0 Å². The molecule has 174 valence electrons. The Kier molecular flexibility index (Phi) is 7.25. The van der Waals surface area contributed by atoms with Gasteiger partial charge in [0, 0.05) is 0 Å². The maximum atomic E-state index is 12.4. The SMILES string of the molecule is CC(=C\C=C1/Oc2ccccc2N1CC(=O)NS(C)(=O)=O)/C=C1/SC(=S)N(CC(=O)[O-])C1=O. The molecule has 3 rings (SSSR count). The topological polar surface area (TPSA) is 136 Å². The summed E-state index contributed by atoms with van der Waals surface area (Å²) in [5, 5.41) is 10.8. The molecule has 0 aromatic heterocycles. The minimum atomic E-state index is -3.72. The second kappa shape index (κ2) is 9.77. The summed E-state index contributed by atoms with van der Waals surface area (Å²) in [4.78, 5) is 38.1. The third-order valence-electron chi connectivity index (χ3n) is 4.25. The number of carboxylic acid groups (broad SMARTS) is 1. The van der Waals surface area contributed by atoms with E-state index in [2.05, 4.69) is 0 Å². The highest BCUT2D eigenvalue weighted by molar-refractivity contribution is 8.26. The van der Waals surface area contributed by atoms with Crippen molar-refractivity contribution in [1.29, 1.82) is 0 Å². The number of para-hydroxylation sites is 2. The number of amides is 2. The molecule has 1 saturated heterocycles. The average molecular weight is 509 g/mol. The molecule has 0 unspecified atom stereocenters. The highest BCUT2D eigenvalue weighted by Crippen LogP contribution is 2.38. The first-order chi connectivity index (χ1) is 15.4. The van der Waals surface area contributed by atoms with E-state index in [0.29, 0.717) is 17.0 Å². The lowest BCUT2D eigenvalue weighted by atomic mass is 10.2. The minimum Gasteiger partial charge on any atom is -0.548 e. The van der Waals surface area contributed by atoms with Crippen LogP contribution in [-0.4, -0.2) is 54.8 Å². The van der Waals surface area contributed by atoms with Gasteiger partial charge >= 0.3 is 0 Å². The lowest BCUT2D eigenvalue weighted by molar-refractivity contribution is -0.305. The van der Waals surface area contributed by atoms with E-state index in [1.807, 2.05) is 4.72 Å². The molecule has 0 bridgehead atoms. The molecule has 2 aliphatic rings. The van der Waals surface area contributed by atoms with Crippen molar-refractivity contribution in [2.75, 3.05) is 24.2 Å². The quantitative estimate of drug-likeness (QED) is 0.403. The van der Waals surface area contributed by atoms with E-state index in [1.54, 1.807) is 49.4 Å². The number of thioether (sulfide) groups is 1. The first kappa shape index (κ1) is 24.5. The number of hydrogen-bond acceptors (Lipinski definition) is 10. The van der Waals surface area contributed by atoms with Crippen LogP contribution in [-0.2, 0) is 24.4 Å². The van der Waals surface area contributed by atoms with Gasteiger partial charge in [-0.1, -0.05) is 42.2 Å². The minimum absolute atomic E-state index is 0.124. The number of ether oxygens (including phenoxy) is 1. The molecule has 2 amide bonds. The van der Waals surface area contributed by atoms with Gasteiger partial charge in [0.1, 0.15) is 10.9 Å². The second-order valence-corrected chi connectivity index (χ2v) is 10.4. The molecule has 1 fully saturated rings. The van der Waals surface area contributed by atoms with Crippen molar-refractivity contribution >= 4 is 61.8 Å². The number of allylic oxidation sites excluding steroid dienone is 4. The second-order valence-electron chi connectivity index (χ2n) is 7.01. The summed E-state index contributed by atoms with van der Waals surface area (Å²) in [6.45, 7) is 0.793. The smallest absolute Gasteiger partial charge is 0.266 e. The predicted molar refractivity (Wildman–Crippen MR) is 124 cm³/mol. The summed E-state index contributed by atoms with van der Waals surface area (Å²) in [5.74, 6) is -1.91. The Morgan fingerprint density at radius 1 is 1.24 bits per heavy atom. The van der Waals surface area contributed by atoms with Gasteiger partial charge in [0.25, 0.3) is 11.8 Å². The van der Waals surface area contributed by atoms with Gasteiger partial charge in [-0.3, -0.25) is 24.1 Å². The van der Waals surface area contributed by atoms with Crippen LogP contribution < -0.4 is 19.5 Å². The maximum Gasteiger partial charge on any atom is 0.266 e. The lowest BCUT2D eigenvalue weighted by Crippen LogP contribution is -2.40. The van der Waals surface area contributed by atoms with Gasteiger partial charge in [-0.15, -0.1) is 0 Å². The fraction of sp³-hybridized carbons (Fsp3) is 0.200. The molecule has 1 N–H and O–H groups in total. The normalized spacial score (nSPS) is 18.7. The Morgan fingerprint density at radius 2 is 1.94 bits per heavy atom. The predicted octanol–water partition coefficient (Wildman–Crippen LogP) is 0.243. The highest BCUT2D eigenvalue weighted by atomic mass is 32.2. The number of aliphatic carboxylic acids is 1. The molecular formula is C20H18N3O7S3-. The van der Waals surface area contributed by atoms with Gasteiger partial charge in [-0.05, 0) is 36.8 Å². The molecular weight excluding hydrogens is 490 g/mol. The summed E-state index contributed by atoms with van der Waals surface area (Å²) in [7, 11) is -3.72. The number of carbonyl (C=O) groups is 3. The Balaban J connectivity index is 1.82. The summed E-state index contributed by atoms with van der Waals surface area (Å²) in [5.41, 5.74) is 1.21. The molecule has 0 radical (unpaired) electrons. The molecule has 0 atom stereocenters. The van der Waals surface area contributed by atoms with E-state index in [0.717, 1.165) is 22.9 Å². The number of anilines is 1. The molecule has 1 aromatic rings. The maximum absolute atomic E-state index is 12.4. The highest BCUT2D eigenvalue weighted by Gasteiger charge is 2.32. The van der Waals surface area contributed by atoms with Crippen LogP contribution in [0.4, 0.5) is 5.69 Å². The third kappa shape index (κ3) is 6.21. The lowest BCUT2D eigenvalue weighted by Gasteiger charge is -2.17. The number of nitrogens with zero attached hydrogens (tertiary/aromatic N) is 2. The van der Waals surface area contributed by atoms with Crippen molar-refractivity contribution in [3.8, 4) is 5.75 Å². The van der Waals surface area contributed by atoms with Crippen molar-refractivity contribution in [2.24, 2.45) is 0 Å². The number of rotatable bonds is 7. The van der Waals surface area contributed by atoms with E-state index in [1.165, 1.54) is 4.90 Å². The van der Waals surface area contributed by atoms with Crippen LogP contribution in [0, 0.1) is 0 Å². The van der Waals surface area contributed by atoms with Gasteiger partial charge in [0.15, 0.2) is 5.75 Å². The molecule has 10 nitrogen and oxygen atoms in total. The largest absolute Gasteiger partial charge is 0.548 e. The van der Waals surface area contributed by atoms with Crippen LogP contribution in [0.25, 0.3) is 0 Å². The van der Waals surface area contributed by atoms with E-state index in [-0.39, 0.29) is 21.7 Å². The van der Waals surface area contributed by atoms with E-state index in [9.17, 15) is 27.9 Å². The van der Waals surface area contributed by atoms with Gasteiger partial charge in [0.05, 0.1) is 29.4 Å². The summed E-state index contributed by atoms with van der Waals surface area (Å²) in [6.07, 6.45) is 5.64. The fourth-order valence-corrected chi connectivity index (χ4v) is 4.73. The van der Waals surface area contributed by atoms with Gasteiger partial charge in [-0.2, -0.15) is 0 Å². The van der Waals surface area contributed by atoms with E-state index < -0.39 is 34.4 Å². The Morgan fingerprint density at radius 3 is 2.61 bits per heavy atom. The summed E-state index contributed by atoms with van der Waals surface area (Å²) in [6, 6.07) is 6.94. The van der Waals surface area contributed by atoms with Crippen molar-refractivity contribution < 1.29 is 32.6 Å². The zero-order chi connectivity index (χ0) is 24.3. The standard InChI is InChI=1S/C20H19N3O7S3/c1-12(9-15-19(27)23(11-18(25)26)20(31)32-15)7-8-17-22(10-16(24)21-33(2,28)29)13-5-3-4-6-14(13)30-17/h3-9H,10-11H2,1-2H3,(H,21,24)(H,25,26)/p-1/b12-7+,15-9+,17-8-. The van der Waals surface area contributed by atoms with Crippen LogP contribution in [0.2, 0.25) is 0 Å². The van der Waals surface area contributed by atoms with Crippen molar-refractivity contribution in [2.45, 2.75) is 6.92 Å². The van der Waals surface area contributed by atoms with Crippen molar-refractivity contribution in [3.63, 3.8) is 0 Å². The number of thiocarbonyl (C=S) groups is 1. The molecule has 1 aromatic carbocycles.